The van der Waals surface area contributed by atoms with Gasteiger partial charge in [0.1, 0.15) is 5.75 Å². The molecule has 45 heavy (non-hydrogen) atoms. The van der Waals surface area contributed by atoms with Gasteiger partial charge in [0.05, 0.1) is 13.3 Å². The minimum absolute atomic E-state index is 0.0223. The Morgan fingerprint density at radius 1 is 0.978 bits per heavy atom. The van der Waals surface area contributed by atoms with Gasteiger partial charge in [0.25, 0.3) is 0 Å². The average molecular weight is 613 g/mol. The zero-order valence-electron chi connectivity index (χ0n) is 27.9. The van der Waals surface area contributed by atoms with Crippen LogP contribution in [0.15, 0.2) is 54.9 Å². The number of anilines is 1. The van der Waals surface area contributed by atoms with Crippen molar-refractivity contribution in [1.82, 2.24) is 15.1 Å². The quantitative estimate of drug-likeness (QED) is 0.237. The first-order valence-electron chi connectivity index (χ1n) is 17.1. The summed E-state index contributed by atoms with van der Waals surface area (Å²) in [5.41, 5.74) is 5.74. The number of aromatic nitrogens is 2. The lowest BCUT2D eigenvalue weighted by molar-refractivity contribution is -0.124. The zero-order valence-corrected chi connectivity index (χ0v) is 27.9. The monoisotopic (exact) mass is 612 g/mol. The molecule has 2 saturated carbocycles. The van der Waals surface area contributed by atoms with Crippen molar-refractivity contribution >= 4 is 17.5 Å². The molecule has 2 amide bonds. The summed E-state index contributed by atoms with van der Waals surface area (Å²) in [6.45, 7) is 9.75. The Kier molecular flexibility index (Phi) is 11.0. The highest BCUT2D eigenvalue weighted by Gasteiger charge is 2.33. The summed E-state index contributed by atoms with van der Waals surface area (Å²) in [4.78, 5) is 28.2. The van der Waals surface area contributed by atoms with Crippen molar-refractivity contribution < 1.29 is 14.3 Å². The molecule has 0 atom stereocenters. The maximum absolute atomic E-state index is 14.3. The smallest absolute Gasteiger partial charge is 0.230 e. The molecule has 2 fully saturated rings. The Hall–Kier alpha value is -3.61. The number of carbonyl (C=O) groups is 2. The number of benzene rings is 2. The highest BCUT2D eigenvalue weighted by atomic mass is 16.5. The van der Waals surface area contributed by atoms with Gasteiger partial charge in [-0.25, -0.2) is 0 Å². The van der Waals surface area contributed by atoms with Crippen LogP contribution < -0.4 is 15.0 Å². The number of methoxy groups -OCH3 is 1. The van der Waals surface area contributed by atoms with Crippen LogP contribution in [0.1, 0.15) is 102 Å². The fourth-order valence-corrected chi connectivity index (χ4v) is 7.25. The molecule has 0 aliphatic heterocycles. The van der Waals surface area contributed by atoms with Gasteiger partial charge in [-0.05, 0) is 125 Å². The van der Waals surface area contributed by atoms with Crippen LogP contribution in [0.4, 0.5) is 5.69 Å². The van der Waals surface area contributed by atoms with Crippen LogP contribution in [0.2, 0.25) is 0 Å². The molecule has 2 aromatic carbocycles. The van der Waals surface area contributed by atoms with E-state index in [4.69, 9.17) is 4.74 Å². The number of hydrogen-bond donors (Lipinski definition) is 1. The number of amides is 2. The second kappa shape index (κ2) is 15.1. The highest BCUT2D eigenvalue weighted by molar-refractivity contribution is 5.95. The summed E-state index contributed by atoms with van der Waals surface area (Å²) < 4.78 is 7.47. The number of aryl methyl sites for hydroxylation is 1. The minimum atomic E-state index is 0.0223. The molecular weight excluding hydrogens is 560 g/mol. The summed E-state index contributed by atoms with van der Waals surface area (Å²) in [5.74, 6) is 2.81. The Morgan fingerprint density at radius 3 is 2.36 bits per heavy atom. The molecule has 1 heterocycles. The predicted octanol–water partition coefficient (Wildman–Crippen LogP) is 8.09. The Labute approximate surface area is 269 Å². The molecule has 1 aromatic heterocycles. The van der Waals surface area contributed by atoms with Crippen molar-refractivity contribution in [2.45, 2.75) is 97.4 Å². The number of ether oxygens (including phenoxy) is 1. The van der Waals surface area contributed by atoms with Crippen molar-refractivity contribution in [2.24, 2.45) is 17.8 Å². The second-order valence-corrected chi connectivity index (χ2v) is 13.6. The maximum atomic E-state index is 14.3. The van der Waals surface area contributed by atoms with E-state index in [0.29, 0.717) is 30.2 Å². The Morgan fingerprint density at radius 2 is 1.71 bits per heavy atom. The fraction of sp³-hybridized carbons (Fsp3) is 0.553. The molecule has 0 saturated heterocycles. The highest BCUT2D eigenvalue weighted by Crippen LogP contribution is 2.39. The van der Waals surface area contributed by atoms with Crippen LogP contribution in [0.25, 0.3) is 11.1 Å². The number of rotatable bonds is 11. The molecule has 7 nitrogen and oxygen atoms in total. The van der Waals surface area contributed by atoms with Crippen molar-refractivity contribution in [3.05, 3.63) is 66.0 Å². The van der Waals surface area contributed by atoms with Gasteiger partial charge in [-0.2, -0.15) is 5.10 Å². The lowest BCUT2D eigenvalue weighted by atomic mass is 9.77. The second-order valence-electron chi connectivity index (χ2n) is 13.6. The van der Waals surface area contributed by atoms with E-state index < -0.39 is 0 Å². The van der Waals surface area contributed by atoms with Crippen LogP contribution in [0.3, 0.4) is 0 Å². The van der Waals surface area contributed by atoms with Crippen molar-refractivity contribution in [2.75, 3.05) is 25.1 Å². The normalized spacial score (nSPS) is 21.8. The molecule has 242 valence electrons. The first kappa shape index (κ1) is 32.8. The molecule has 0 spiro atoms. The Bertz CT molecular complexity index is 1430. The van der Waals surface area contributed by atoms with Crippen LogP contribution >= 0.6 is 0 Å². The van der Waals surface area contributed by atoms with Gasteiger partial charge in [-0.3, -0.25) is 14.3 Å². The van der Waals surface area contributed by atoms with E-state index in [2.05, 4.69) is 84.7 Å². The lowest BCUT2D eigenvalue weighted by Gasteiger charge is -2.36. The maximum Gasteiger partial charge on any atom is 0.230 e. The summed E-state index contributed by atoms with van der Waals surface area (Å²) in [6.07, 6.45) is 12.8. The van der Waals surface area contributed by atoms with Crippen molar-refractivity contribution in [3.63, 3.8) is 0 Å². The van der Waals surface area contributed by atoms with Crippen LogP contribution in [0.5, 0.6) is 5.75 Å². The third kappa shape index (κ3) is 8.16. The molecule has 0 unspecified atom stereocenters. The van der Waals surface area contributed by atoms with Gasteiger partial charge in [0.2, 0.25) is 11.8 Å². The molecule has 5 rings (SSSR count). The average Bonchev–Trinajstić information content (AvgIpc) is 3.57. The fourth-order valence-electron chi connectivity index (χ4n) is 7.25. The SMILES string of the molecule is CCC(=O)NCC1CCC(C(=O)N(CC2CCC(c3ccc(OC)c(C)c3)CC2)c2cccc(-c3cnn(C(C)C)c3)c2)CC1. The van der Waals surface area contributed by atoms with Crippen LogP contribution in [0, 0.1) is 24.7 Å². The van der Waals surface area contributed by atoms with Crippen molar-refractivity contribution in [3.8, 4) is 16.9 Å². The van der Waals surface area contributed by atoms with E-state index in [0.717, 1.165) is 87.0 Å². The number of carbonyl (C=O) groups excluding carboxylic acids is 2. The van der Waals surface area contributed by atoms with E-state index in [-0.39, 0.29) is 17.7 Å². The minimum Gasteiger partial charge on any atom is -0.496 e. The first-order valence-corrected chi connectivity index (χ1v) is 17.1. The third-order valence-electron chi connectivity index (χ3n) is 10.2. The number of hydrogen-bond acceptors (Lipinski definition) is 4. The molecule has 2 aliphatic rings. The summed E-state index contributed by atoms with van der Waals surface area (Å²) in [6, 6.07) is 15.4. The molecule has 7 heteroatoms. The van der Waals surface area contributed by atoms with Crippen LogP contribution in [-0.2, 0) is 9.59 Å². The zero-order chi connectivity index (χ0) is 31.9. The first-order chi connectivity index (χ1) is 21.7. The van der Waals surface area contributed by atoms with E-state index in [1.165, 1.54) is 11.1 Å². The summed E-state index contributed by atoms with van der Waals surface area (Å²) in [5, 5.41) is 7.61. The molecule has 3 aromatic rings. The standard InChI is InChI=1S/C38H52N4O3/c1-6-37(43)39-22-28-10-16-31(17-11-28)38(44)41(35-9-7-8-32(21-35)34-23-40-42(25-34)26(2)3)24-29-12-14-30(15-13-29)33-18-19-36(45-5)27(4)20-33/h7-9,18-21,23,25-26,28-31H,6,10-17,22,24H2,1-5H3,(H,39,43). The van der Waals surface area contributed by atoms with Gasteiger partial charge in [0.15, 0.2) is 0 Å². The van der Waals surface area contributed by atoms with Crippen LogP contribution in [-0.4, -0.2) is 41.8 Å². The summed E-state index contributed by atoms with van der Waals surface area (Å²) in [7, 11) is 1.73. The molecule has 0 radical (unpaired) electrons. The van der Waals surface area contributed by atoms with E-state index >= 15 is 0 Å². The van der Waals surface area contributed by atoms with Gasteiger partial charge < -0.3 is 15.0 Å². The third-order valence-corrected chi connectivity index (χ3v) is 10.2. The number of nitrogens with one attached hydrogen (secondary N) is 1. The van der Waals surface area contributed by atoms with E-state index in [9.17, 15) is 9.59 Å². The largest absolute Gasteiger partial charge is 0.496 e. The van der Waals surface area contributed by atoms with Crippen molar-refractivity contribution in [1.29, 1.82) is 0 Å². The predicted molar refractivity (Wildman–Crippen MR) is 182 cm³/mol. The van der Waals surface area contributed by atoms with Gasteiger partial charge in [-0.1, -0.05) is 31.2 Å². The Balaban J connectivity index is 1.30. The summed E-state index contributed by atoms with van der Waals surface area (Å²) >= 11 is 0. The lowest BCUT2D eigenvalue weighted by Crippen LogP contribution is -2.42. The molecular formula is C38H52N4O3. The van der Waals surface area contributed by atoms with E-state index in [1.54, 1.807) is 7.11 Å². The van der Waals surface area contributed by atoms with E-state index in [1.807, 2.05) is 17.8 Å². The topological polar surface area (TPSA) is 76.5 Å². The molecule has 0 bridgehead atoms. The van der Waals surface area contributed by atoms with Gasteiger partial charge in [-0.15, -0.1) is 0 Å². The van der Waals surface area contributed by atoms with Gasteiger partial charge in [0, 0.05) is 48.9 Å². The molecule has 2 aliphatic carbocycles. The number of nitrogens with zero attached hydrogens (tertiary/aromatic N) is 3. The molecule has 1 N–H and O–H groups in total. The van der Waals surface area contributed by atoms with Gasteiger partial charge >= 0.3 is 0 Å².